The van der Waals surface area contributed by atoms with Crippen LogP contribution < -0.4 is 5.32 Å². The Balaban J connectivity index is 1.53. The predicted octanol–water partition coefficient (Wildman–Crippen LogP) is 3.54. The number of hydrogen-bond donors (Lipinski definition) is 2. The first-order valence-corrected chi connectivity index (χ1v) is 9.70. The molecule has 0 aliphatic carbocycles. The quantitative estimate of drug-likeness (QED) is 0.468. The highest BCUT2D eigenvalue weighted by atomic mass is 19.1. The van der Waals surface area contributed by atoms with Crippen LogP contribution >= 0.6 is 0 Å². The Labute approximate surface area is 176 Å². The monoisotopic (exact) mass is 415 g/mol. The molecule has 1 aromatic carbocycles. The number of nitrogens with zero attached hydrogens (tertiary/aromatic N) is 5. The molecule has 4 aromatic heterocycles. The van der Waals surface area contributed by atoms with Gasteiger partial charge in [0.2, 0.25) is 0 Å². The van der Waals surface area contributed by atoms with Gasteiger partial charge in [-0.25, -0.2) is 14.4 Å². The molecule has 0 aliphatic heterocycles. The Morgan fingerprint density at radius 2 is 2.10 bits per heavy atom. The van der Waals surface area contributed by atoms with Gasteiger partial charge in [-0.05, 0) is 37.3 Å². The molecule has 5 aromatic rings. The number of pyridine rings is 1. The number of H-pyrrole nitrogens is 1. The molecule has 0 saturated carbocycles. The van der Waals surface area contributed by atoms with Crippen LogP contribution in [0.4, 0.5) is 4.39 Å². The van der Waals surface area contributed by atoms with E-state index < -0.39 is 0 Å². The van der Waals surface area contributed by atoms with E-state index in [1.54, 1.807) is 36.4 Å². The number of carbonyl (C=O) groups excluding carboxylic acids is 1. The van der Waals surface area contributed by atoms with E-state index in [4.69, 9.17) is 0 Å². The second-order valence-corrected chi connectivity index (χ2v) is 7.24. The summed E-state index contributed by atoms with van der Waals surface area (Å²) < 4.78 is 15.2. The maximum atomic E-state index is 13.6. The summed E-state index contributed by atoms with van der Waals surface area (Å²) in [6.07, 6.45) is 4.85. The number of rotatable bonds is 4. The Morgan fingerprint density at radius 3 is 2.90 bits per heavy atom. The molecule has 0 bridgehead atoms. The largest absolute Gasteiger partial charge is 0.344 e. The summed E-state index contributed by atoms with van der Waals surface area (Å²) in [6, 6.07) is 9.75. The minimum absolute atomic E-state index is 0.274. The van der Waals surface area contributed by atoms with Crippen molar-refractivity contribution in [1.82, 2.24) is 35.0 Å². The molecule has 1 amide bonds. The fourth-order valence-electron chi connectivity index (χ4n) is 3.58. The zero-order valence-corrected chi connectivity index (χ0v) is 16.8. The predicted molar refractivity (Wildman–Crippen MR) is 114 cm³/mol. The molecule has 0 aliphatic rings. The van der Waals surface area contributed by atoms with Crippen LogP contribution in [0.1, 0.15) is 29.0 Å². The first kappa shape index (κ1) is 18.9. The molecule has 9 heteroatoms. The normalized spacial score (nSPS) is 12.4. The minimum Gasteiger partial charge on any atom is -0.344 e. The van der Waals surface area contributed by atoms with E-state index >= 15 is 0 Å². The smallest absolute Gasteiger partial charge is 0.255 e. The summed E-state index contributed by atoms with van der Waals surface area (Å²) in [6.45, 7) is 1.87. The molecule has 0 spiro atoms. The van der Waals surface area contributed by atoms with Crippen molar-refractivity contribution in [2.45, 2.75) is 13.0 Å². The van der Waals surface area contributed by atoms with Crippen molar-refractivity contribution < 1.29 is 9.18 Å². The van der Waals surface area contributed by atoms with E-state index in [0.717, 1.165) is 11.1 Å². The average Bonchev–Trinajstić information content (AvgIpc) is 3.35. The van der Waals surface area contributed by atoms with E-state index in [2.05, 4.69) is 30.4 Å². The molecular formula is C22H18FN7O. The third-order valence-corrected chi connectivity index (χ3v) is 5.16. The molecule has 8 nitrogen and oxygen atoms in total. The van der Waals surface area contributed by atoms with Crippen molar-refractivity contribution in [2.75, 3.05) is 0 Å². The number of aromatic nitrogens is 6. The van der Waals surface area contributed by atoms with Crippen molar-refractivity contribution in [3.8, 4) is 11.4 Å². The van der Waals surface area contributed by atoms with Gasteiger partial charge in [0.25, 0.3) is 5.91 Å². The molecule has 5 rings (SSSR count). The van der Waals surface area contributed by atoms with E-state index in [1.807, 2.05) is 25.1 Å². The van der Waals surface area contributed by atoms with Crippen LogP contribution in [0, 0.1) is 5.82 Å². The lowest BCUT2D eigenvalue weighted by Gasteiger charge is -2.12. The lowest BCUT2D eigenvalue weighted by Crippen LogP contribution is -2.27. The average molecular weight is 415 g/mol. The van der Waals surface area contributed by atoms with E-state index in [1.165, 1.54) is 12.1 Å². The summed E-state index contributed by atoms with van der Waals surface area (Å²) in [5, 5.41) is 8.18. The summed E-state index contributed by atoms with van der Waals surface area (Å²) in [5.74, 6) is -0.626. The summed E-state index contributed by atoms with van der Waals surface area (Å²) in [4.78, 5) is 29.2. The number of aromatic amines is 1. The zero-order valence-electron chi connectivity index (χ0n) is 16.8. The van der Waals surface area contributed by atoms with Gasteiger partial charge in [0.1, 0.15) is 22.7 Å². The molecular weight excluding hydrogens is 397 g/mol. The minimum atomic E-state index is -0.338. The second-order valence-electron chi connectivity index (χ2n) is 7.24. The summed E-state index contributed by atoms with van der Waals surface area (Å²) in [7, 11) is 1.74. The SMILES string of the molecule is CC(NC(=O)c1c[nH]c2ncc(-c3nn(C)c4cc(F)ccc34)nc12)c1ccccn1. The number of carbonyl (C=O) groups is 1. The summed E-state index contributed by atoms with van der Waals surface area (Å²) >= 11 is 0. The van der Waals surface area contributed by atoms with Crippen LogP contribution in [0.25, 0.3) is 33.5 Å². The van der Waals surface area contributed by atoms with Gasteiger partial charge in [0.05, 0.1) is 29.0 Å². The molecule has 4 heterocycles. The van der Waals surface area contributed by atoms with Crippen LogP contribution in [-0.2, 0) is 7.05 Å². The van der Waals surface area contributed by atoms with Gasteiger partial charge in [0.15, 0.2) is 5.65 Å². The van der Waals surface area contributed by atoms with Gasteiger partial charge in [-0.1, -0.05) is 6.07 Å². The lowest BCUT2D eigenvalue weighted by atomic mass is 10.1. The lowest BCUT2D eigenvalue weighted by molar-refractivity contribution is 0.0940. The molecule has 1 atom stereocenters. The summed E-state index contributed by atoms with van der Waals surface area (Å²) in [5.41, 5.74) is 3.77. The number of nitrogens with one attached hydrogen (secondary N) is 2. The van der Waals surface area contributed by atoms with Gasteiger partial charge >= 0.3 is 0 Å². The Hall–Kier alpha value is -4.14. The molecule has 31 heavy (non-hydrogen) atoms. The van der Waals surface area contributed by atoms with Crippen LogP contribution in [0.5, 0.6) is 0 Å². The standard InChI is InChI=1S/C22H18FN7O/c1-12(16-5-3-4-8-24-16)27-22(31)15-10-25-21-20(15)28-17(11-26-21)19-14-7-6-13(23)9-18(14)30(2)29-19/h3-12H,1-2H3,(H,25,26)(H,27,31). The maximum Gasteiger partial charge on any atom is 0.255 e. The van der Waals surface area contributed by atoms with E-state index in [9.17, 15) is 9.18 Å². The second kappa shape index (κ2) is 7.28. The van der Waals surface area contributed by atoms with Gasteiger partial charge in [0, 0.05) is 24.8 Å². The van der Waals surface area contributed by atoms with Crippen LogP contribution in [0.2, 0.25) is 0 Å². The number of halogens is 1. The fraction of sp³-hybridized carbons (Fsp3) is 0.136. The molecule has 2 N–H and O–H groups in total. The van der Waals surface area contributed by atoms with Crippen molar-refractivity contribution in [1.29, 1.82) is 0 Å². The molecule has 1 unspecified atom stereocenters. The van der Waals surface area contributed by atoms with E-state index in [-0.39, 0.29) is 17.8 Å². The third kappa shape index (κ3) is 3.29. The first-order chi connectivity index (χ1) is 15.0. The first-order valence-electron chi connectivity index (χ1n) is 9.70. The number of amides is 1. The Morgan fingerprint density at radius 1 is 1.23 bits per heavy atom. The fourth-order valence-corrected chi connectivity index (χ4v) is 3.58. The number of hydrogen-bond acceptors (Lipinski definition) is 5. The van der Waals surface area contributed by atoms with Crippen LogP contribution in [0.3, 0.4) is 0 Å². The topological polar surface area (TPSA) is 101 Å². The van der Waals surface area contributed by atoms with Gasteiger partial charge in [-0.3, -0.25) is 14.5 Å². The van der Waals surface area contributed by atoms with E-state index in [0.29, 0.717) is 33.6 Å². The van der Waals surface area contributed by atoms with Crippen molar-refractivity contribution >= 4 is 28.0 Å². The number of fused-ring (bicyclic) bond motifs is 2. The number of benzene rings is 1. The number of aryl methyl sites for hydroxylation is 1. The zero-order chi connectivity index (χ0) is 21.5. The van der Waals surface area contributed by atoms with Gasteiger partial charge < -0.3 is 10.3 Å². The van der Waals surface area contributed by atoms with Crippen molar-refractivity contribution in [3.63, 3.8) is 0 Å². The molecule has 0 fully saturated rings. The van der Waals surface area contributed by atoms with Crippen molar-refractivity contribution in [2.24, 2.45) is 7.05 Å². The maximum absolute atomic E-state index is 13.6. The van der Waals surface area contributed by atoms with Gasteiger partial charge in [-0.2, -0.15) is 5.10 Å². The van der Waals surface area contributed by atoms with Gasteiger partial charge in [-0.15, -0.1) is 0 Å². The highest BCUT2D eigenvalue weighted by Gasteiger charge is 2.20. The highest BCUT2D eigenvalue weighted by molar-refractivity contribution is 6.05. The molecule has 0 saturated heterocycles. The Bertz CT molecular complexity index is 1420. The van der Waals surface area contributed by atoms with Crippen LogP contribution in [-0.4, -0.2) is 35.6 Å². The third-order valence-electron chi connectivity index (χ3n) is 5.16. The molecule has 154 valence electrons. The highest BCUT2D eigenvalue weighted by Crippen LogP contribution is 2.28. The molecule has 0 radical (unpaired) electrons. The van der Waals surface area contributed by atoms with Crippen molar-refractivity contribution in [3.05, 3.63) is 72.1 Å². The van der Waals surface area contributed by atoms with Crippen LogP contribution in [0.15, 0.2) is 55.0 Å². The Kier molecular flexibility index (Phi) is 4.43.